The number of imide groups is 2. The van der Waals surface area contributed by atoms with Crippen LogP contribution in [0.2, 0.25) is 0 Å². The molecule has 2 saturated heterocycles. The number of amides is 4. The number of fused-ring (bicyclic) bond motifs is 2. The number of carbonyl (C=O) groups excluding carboxylic acids is 4. The molecule has 6 nitrogen and oxygen atoms in total. The number of likely N-dealkylation sites (tertiary alicyclic amines) is 2. The van der Waals surface area contributed by atoms with E-state index in [-0.39, 0.29) is 47.3 Å². The van der Waals surface area contributed by atoms with E-state index in [0.29, 0.717) is 38.5 Å². The Balaban J connectivity index is 1.82. The molecule has 6 heteroatoms. The van der Waals surface area contributed by atoms with Gasteiger partial charge in [0.15, 0.2) is 0 Å². The number of hydrogen-bond donors (Lipinski definition) is 0. The van der Waals surface area contributed by atoms with Crippen molar-refractivity contribution in [3.05, 3.63) is 0 Å². The molecular weight excluding hydrogens is 356 g/mol. The first kappa shape index (κ1) is 21.0. The molecule has 2 heterocycles. The second-order valence-corrected chi connectivity index (χ2v) is 10.7. The van der Waals surface area contributed by atoms with Crippen LogP contribution < -0.4 is 0 Å². The fourth-order valence-corrected chi connectivity index (χ4v) is 5.31. The number of rotatable bonds is 0. The van der Waals surface area contributed by atoms with Gasteiger partial charge in [-0.05, 0) is 67.2 Å². The molecule has 0 radical (unpaired) electrons. The van der Waals surface area contributed by atoms with E-state index in [1.165, 1.54) is 9.80 Å². The van der Waals surface area contributed by atoms with Gasteiger partial charge in [0.05, 0.1) is 23.7 Å². The summed E-state index contributed by atoms with van der Waals surface area (Å²) >= 11 is 0. The van der Waals surface area contributed by atoms with Gasteiger partial charge >= 0.3 is 0 Å². The van der Waals surface area contributed by atoms with Crippen molar-refractivity contribution in [2.24, 2.45) is 23.7 Å². The zero-order valence-corrected chi connectivity index (χ0v) is 18.1. The van der Waals surface area contributed by atoms with E-state index in [1.54, 1.807) is 0 Å². The monoisotopic (exact) mass is 390 g/mol. The lowest BCUT2D eigenvalue weighted by atomic mass is 9.79. The van der Waals surface area contributed by atoms with Crippen molar-refractivity contribution in [2.75, 3.05) is 0 Å². The Morgan fingerprint density at radius 3 is 0.929 bits per heavy atom. The summed E-state index contributed by atoms with van der Waals surface area (Å²) in [5, 5.41) is 0. The quantitative estimate of drug-likeness (QED) is 0.596. The summed E-state index contributed by atoms with van der Waals surface area (Å²) in [4.78, 5) is 54.7. The van der Waals surface area contributed by atoms with Crippen molar-refractivity contribution in [2.45, 2.75) is 91.1 Å². The van der Waals surface area contributed by atoms with Crippen LogP contribution in [0, 0.1) is 23.7 Å². The summed E-state index contributed by atoms with van der Waals surface area (Å²) in [7, 11) is 0. The van der Waals surface area contributed by atoms with Crippen molar-refractivity contribution >= 4 is 23.6 Å². The molecule has 0 N–H and O–H groups in total. The molecule has 0 spiro atoms. The molecule has 3 rings (SSSR count). The standard InChI is InChI=1S/C22H34N2O4/c1-21(2,3)23-17(25)13-9-7-11-15-16(12-8-10-14(13)18(23)26)20(28)24(19(15)27)22(4,5)6/h13-16H,7-12H2,1-6H3. The molecule has 0 aromatic carbocycles. The summed E-state index contributed by atoms with van der Waals surface area (Å²) < 4.78 is 0. The van der Waals surface area contributed by atoms with Gasteiger partial charge in [-0.2, -0.15) is 0 Å². The lowest BCUT2D eigenvalue weighted by Gasteiger charge is -2.30. The smallest absolute Gasteiger partial charge is 0.233 e. The van der Waals surface area contributed by atoms with Gasteiger partial charge in [-0.1, -0.05) is 12.8 Å². The maximum atomic E-state index is 13.0. The molecule has 0 aromatic rings. The Morgan fingerprint density at radius 1 is 0.536 bits per heavy atom. The number of nitrogens with zero attached hydrogens (tertiary/aromatic N) is 2. The largest absolute Gasteiger partial charge is 0.277 e. The Morgan fingerprint density at radius 2 is 0.750 bits per heavy atom. The third-order valence-electron chi connectivity index (χ3n) is 6.52. The van der Waals surface area contributed by atoms with Gasteiger partial charge in [0, 0.05) is 11.1 Å². The molecule has 3 aliphatic rings. The SMILES string of the molecule is CC(C)(C)N1C(=O)C2CCCC3C(=O)N(C(C)(C)C)C(=O)C3CCCC2C1=O. The van der Waals surface area contributed by atoms with Crippen molar-refractivity contribution in [3.8, 4) is 0 Å². The van der Waals surface area contributed by atoms with Gasteiger partial charge in [-0.15, -0.1) is 0 Å². The van der Waals surface area contributed by atoms with Gasteiger partial charge in [-0.25, -0.2) is 0 Å². The van der Waals surface area contributed by atoms with Crippen LogP contribution in [0.4, 0.5) is 0 Å². The van der Waals surface area contributed by atoms with Crippen LogP contribution in [0.15, 0.2) is 0 Å². The fourth-order valence-electron chi connectivity index (χ4n) is 5.31. The number of carbonyl (C=O) groups is 4. The third-order valence-corrected chi connectivity index (χ3v) is 6.52. The summed E-state index contributed by atoms with van der Waals surface area (Å²) in [6, 6.07) is 0. The van der Waals surface area contributed by atoms with Crippen LogP contribution >= 0.6 is 0 Å². The minimum Gasteiger partial charge on any atom is -0.277 e. The summed E-state index contributed by atoms with van der Waals surface area (Å²) in [6.45, 7) is 11.4. The zero-order valence-electron chi connectivity index (χ0n) is 18.1. The molecule has 3 fully saturated rings. The van der Waals surface area contributed by atoms with E-state index >= 15 is 0 Å². The van der Waals surface area contributed by atoms with E-state index in [1.807, 2.05) is 41.5 Å². The number of hydrogen-bond acceptors (Lipinski definition) is 4. The Kier molecular flexibility index (Phi) is 5.22. The van der Waals surface area contributed by atoms with Gasteiger partial charge in [-0.3, -0.25) is 29.0 Å². The maximum absolute atomic E-state index is 13.0. The van der Waals surface area contributed by atoms with Crippen molar-refractivity contribution < 1.29 is 19.2 Å². The minimum atomic E-state index is -0.517. The molecule has 2 aliphatic heterocycles. The first-order valence-corrected chi connectivity index (χ1v) is 10.6. The molecular formula is C22H34N2O4. The second kappa shape index (κ2) is 6.96. The fraction of sp³-hybridized carbons (Fsp3) is 0.818. The predicted octanol–water partition coefficient (Wildman–Crippen LogP) is 3.14. The van der Waals surface area contributed by atoms with E-state index in [0.717, 1.165) is 0 Å². The molecule has 1 saturated carbocycles. The minimum absolute atomic E-state index is 0.0650. The average molecular weight is 391 g/mol. The summed E-state index contributed by atoms with van der Waals surface area (Å²) in [5.74, 6) is -1.39. The molecule has 4 atom stereocenters. The topological polar surface area (TPSA) is 74.8 Å². The normalized spacial score (nSPS) is 32.6. The molecule has 0 bridgehead atoms. The van der Waals surface area contributed by atoms with Gasteiger partial charge < -0.3 is 0 Å². The molecule has 28 heavy (non-hydrogen) atoms. The van der Waals surface area contributed by atoms with Gasteiger partial charge in [0.2, 0.25) is 23.6 Å². The predicted molar refractivity (Wildman–Crippen MR) is 105 cm³/mol. The lowest BCUT2D eigenvalue weighted by molar-refractivity contribution is -0.146. The van der Waals surface area contributed by atoms with Crippen LogP contribution in [-0.4, -0.2) is 44.5 Å². The Labute approximate surface area is 168 Å². The van der Waals surface area contributed by atoms with Crippen LogP contribution in [-0.2, 0) is 19.2 Å². The van der Waals surface area contributed by atoms with E-state index in [9.17, 15) is 19.2 Å². The molecule has 4 unspecified atom stereocenters. The molecule has 156 valence electrons. The highest BCUT2D eigenvalue weighted by Gasteiger charge is 2.53. The zero-order chi connectivity index (χ0) is 21.0. The third kappa shape index (κ3) is 3.39. The Bertz CT molecular complexity index is 596. The molecule has 4 amide bonds. The highest BCUT2D eigenvalue weighted by Crippen LogP contribution is 2.43. The van der Waals surface area contributed by atoms with Crippen LogP contribution in [0.1, 0.15) is 80.1 Å². The average Bonchev–Trinajstić information content (AvgIpc) is 2.92. The first-order valence-electron chi connectivity index (χ1n) is 10.6. The van der Waals surface area contributed by atoms with Crippen LogP contribution in [0.25, 0.3) is 0 Å². The van der Waals surface area contributed by atoms with Crippen LogP contribution in [0.5, 0.6) is 0 Å². The molecule has 1 aliphatic carbocycles. The van der Waals surface area contributed by atoms with Gasteiger partial charge in [0.1, 0.15) is 0 Å². The second-order valence-electron chi connectivity index (χ2n) is 10.7. The van der Waals surface area contributed by atoms with Gasteiger partial charge in [0.25, 0.3) is 0 Å². The summed E-state index contributed by atoms with van der Waals surface area (Å²) in [5.41, 5.74) is -1.03. The van der Waals surface area contributed by atoms with Crippen molar-refractivity contribution in [1.29, 1.82) is 0 Å². The van der Waals surface area contributed by atoms with E-state index in [4.69, 9.17) is 0 Å². The highest BCUT2D eigenvalue weighted by atomic mass is 16.2. The van der Waals surface area contributed by atoms with Crippen molar-refractivity contribution in [1.82, 2.24) is 9.80 Å². The first-order chi connectivity index (χ1) is 12.9. The van der Waals surface area contributed by atoms with E-state index in [2.05, 4.69) is 0 Å². The maximum Gasteiger partial charge on any atom is 0.233 e. The summed E-state index contributed by atoms with van der Waals surface area (Å²) in [6.07, 6.45) is 3.83. The Hall–Kier alpha value is -1.72. The highest BCUT2D eigenvalue weighted by molar-refractivity contribution is 6.06. The molecule has 0 aromatic heterocycles. The van der Waals surface area contributed by atoms with Crippen LogP contribution in [0.3, 0.4) is 0 Å². The van der Waals surface area contributed by atoms with Crippen molar-refractivity contribution in [3.63, 3.8) is 0 Å². The van der Waals surface area contributed by atoms with E-state index < -0.39 is 11.1 Å². The lowest BCUT2D eigenvalue weighted by Crippen LogP contribution is -2.46.